The van der Waals surface area contributed by atoms with Crippen molar-refractivity contribution in [3.05, 3.63) is 41.0 Å². The minimum absolute atomic E-state index is 0.128. The molecule has 0 amide bonds. The molecular formula is C14H18O. The van der Waals surface area contributed by atoms with E-state index in [1.165, 1.54) is 47.9 Å². The Morgan fingerprint density at radius 1 is 1.27 bits per heavy atom. The van der Waals surface area contributed by atoms with Gasteiger partial charge in [-0.05, 0) is 54.9 Å². The van der Waals surface area contributed by atoms with Crippen LogP contribution in [0.15, 0.2) is 24.3 Å². The van der Waals surface area contributed by atoms with Crippen LogP contribution in [0.4, 0.5) is 0 Å². The highest BCUT2D eigenvalue weighted by molar-refractivity contribution is 5.65. The Hall–Kier alpha value is -1.08. The third-order valence-corrected chi connectivity index (χ3v) is 3.20. The first-order valence-corrected chi connectivity index (χ1v) is 5.71. The highest BCUT2D eigenvalue weighted by Crippen LogP contribution is 2.24. The lowest BCUT2D eigenvalue weighted by Crippen LogP contribution is -2.02. The number of hydrogen-bond acceptors (Lipinski definition) is 1. The van der Waals surface area contributed by atoms with Crippen LogP contribution in [0.5, 0.6) is 0 Å². The lowest BCUT2D eigenvalue weighted by molar-refractivity contribution is 0.343. The number of aliphatic hydroxyl groups excluding tert-OH is 1. The number of benzene rings is 1. The third kappa shape index (κ3) is 2.29. The molecule has 1 aliphatic carbocycles. The summed E-state index contributed by atoms with van der Waals surface area (Å²) in [5, 5.41) is 8.86. The second-order valence-corrected chi connectivity index (χ2v) is 4.26. The van der Waals surface area contributed by atoms with Crippen molar-refractivity contribution in [1.82, 2.24) is 0 Å². The first-order chi connectivity index (χ1) is 7.31. The molecule has 0 unspecified atom stereocenters. The number of rotatable bonds is 2. The molecule has 2 rings (SSSR count). The molecule has 1 nitrogen and oxygen atoms in total. The second-order valence-electron chi connectivity index (χ2n) is 4.26. The summed E-state index contributed by atoms with van der Waals surface area (Å²) in [5.74, 6) is 0. The van der Waals surface area contributed by atoms with Crippen LogP contribution in [0, 0.1) is 0 Å². The fourth-order valence-electron chi connectivity index (χ4n) is 2.23. The van der Waals surface area contributed by atoms with Gasteiger partial charge >= 0.3 is 0 Å². The van der Waals surface area contributed by atoms with Gasteiger partial charge in [0.2, 0.25) is 0 Å². The Morgan fingerprint density at radius 3 is 2.73 bits per heavy atom. The van der Waals surface area contributed by atoms with Gasteiger partial charge in [0, 0.05) is 0 Å². The van der Waals surface area contributed by atoms with E-state index in [2.05, 4.69) is 25.1 Å². The van der Waals surface area contributed by atoms with Gasteiger partial charge in [0.05, 0.1) is 6.61 Å². The van der Waals surface area contributed by atoms with Crippen LogP contribution in [-0.4, -0.2) is 11.7 Å². The largest absolute Gasteiger partial charge is 0.392 e. The van der Waals surface area contributed by atoms with Crippen LogP contribution in [0.3, 0.4) is 0 Å². The van der Waals surface area contributed by atoms with Gasteiger partial charge in [-0.15, -0.1) is 0 Å². The third-order valence-electron chi connectivity index (χ3n) is 3.20. The molecule has 0 atom stereocenters. The van der Waals surface area contributed by atoms with E-state index in [-0.39, 0.29) is 6.61 Å². The quantitative estimate of drug-likeness (QED) is 0.781. The summed E-state index contributed by atoms with van der Waals surface area (Å²) >= 11 is 0. The fourth-order valence-corrected chi connectivity index (χ4v) is 2.23. The Balaban J connectivity index is 2.31. The van der Waals surface area contributed by atoms with E-state index in [0.29, 0.717) is 0 Å². The van der Waals surface area contributed by atoms with E-state index < -0.39 is 0 Å². The molecule has 1 N–H and O–H groups in total. The minimum atomic E-state index is 0.128. The molecule has 0 aliphatic heterocycles. The van der Waals surface area contributed by atoms with Crippen molar-refractivity contribution in [1.29, 1.82) is 0 Å². The Morgan fingerprint density at radius 2 is 2.00 bits per heavy atom. The molecule has 15 heavy (non-hydrogen) atoms. The van der Waals surface area contributed by atoms with E-state index in [1.807, 2.05) is 6.08 Å². The smallest absolute Gasteiger partial charge is 0.0618 e. The van der Waals surface area contributed by atoms with Gasteiger partial charge in [-0.1, -0.05) is 24.3 Å². The normalized spacial score (nSPS) is 16.3. The maximum absolute atomic E-state index is 8.86. The first kappa shape index (κ1) is 10.4. The topological polar surface area (TPSA) is 20.2 Å². The number of allylic oxidation sites excluding steroid dienone is 1. The SMILES string of the molecule is CC(=CCO)c1ccc2c(c1)CCCC2. The summed E-state index contributed by atoms with van der Waals surface area (Å²) in [7, 11) is 0. The molecule has 0 fully saturated rings. The maximum atomic E-state index is 8.86. The van der Waals surface area contributed by atoms with E-state index in [9.17, 15) is 0 Å². The number of aliphatic hydroxyl groups is 1. The van der Waals surface area contributed by atoms with E-state index in [1.54, 1.807) is 0 Å². The van der Waals surface area contributed by atoms with Crippen LogP contribution < -0.4 is 0 Å². The zero-order valence-corrected chi connectivity index (χ0v) is 9.29. The number of hydrogen-bond donors (Lipinski definition) is 1. The zero-order chi connectivity index (χ0) is 10.7. The van der Waals surface area contributed by atoms with Crippen molar-refractivity contribution in [2.45, 2.75) is 32.6 Å². The molecule has 1 aromatic carbocycles. The van der Waals surface area contributed by atoms with Crippen LogP contribution in [-0.2, 0) is 12.8 Å². The van der Waals surface area contributed by atoms with E-state index in [0.717, 1.165) is 0 Å². The molecule has 0 heterocycles. The minimum Gasteiger partial charge on any atom is -0.392 e. The van der Waals surface area contributed by atoms with Gasteiger partial charge in [0.25, 0.3) is 0 Å². The van der Waals surface area contributed by atoms with Crippen molar-refractivity contribution in [3.63, 3.8) is 0 Å². The Kier molecular flexibility index (Phi) is 3.22. The van der Waals surface area contributed by atoms with Crippen molar-refractivity contribution in [3.8, 4) is 0 Å². The molecule has 0 saturated heterocycles. The Labute approximate surface area is 91.4 Å². The molecule has 1 aromatic rings. The molecule has 0 spiro atoms. The first-order valence-electron chi connectivity index (χ1n) is 5.71. The van der Waals surface area contributed by atoms with Gasteiger partial charge in [0.15, 0.2) is 0 Å². The van der Waals surface area contributed by atoms with Gasteiger partial charge in [-0.25, -0.2) is 0 Å². The summed E-state index contributed by atoms with van der Waals surface area (Å²) in [5.41, 5.74) is 5.45. The van der Waals surface area contributed by atoms with Crippen molar-refractivity contribution in [2.24, 2.45) is 0 Å². The van der Waals surface area contributed by atoms with Gasteiger partial charge < -0.3 is 5.11 Å². The predicted octanol–water partition coefficient (Wildman–Crippen LogP) is 2.96. The lowest BCUT2D eigenvalue weighted by atomic mass is 9.89. The lowest BCUT2D eigenvalue weighted by Gasteiger charge is -2.16. The highest BCUT2D eigenvalue weighted by atomic mass is 16.2. The highest BCUT2D eigenvalue weighted by Gasteiger charge is 2.09. The maximum Gasteiger partial charge on any atom is 0.0618 e. The van der Waals surface area contributed by atoms with Crippen LogP contribution in [0.25, 0.3) is 5.57 Å². The summed E-state index contributed by atoms with van der Waals surface area (Å²) in [6.45, 7) is 2.18. The van der Waals surface area contributed by atoms with Crippen LogP contribution in [0.1, 0.15) is 36.5 Å². The summed E-state index contributed by atoms with van der Waals surface area (Å²) in [6.07, 6.45) is 6.97. The molecule has 0 saturated carbocycles. The van der Waals surface area contributed by atoms with Crippen LogP contribution >= 0.6 is 0 Å². The second kappa shape index (κ2) is 4.63. The average molecular weight is 202 g/mol. The average Bonchev–Trinajstić information content (AvgIpc) is 2.29. The van der Waals surface area contributed by atoms with Gasteiger partial charge in [-0.2, -0.15) is 0 Å². The molecule has 1 aliphatic rings. The summed E-state index contributed by atoms with van der Waals surface area (Å²) in [4.78, 5) is 0. The van der Waals surface area contributed by atoms with Crippen molar-refractivity contribution >= 4 is 5.57 Å². The molecule has 1 heteroatoms. The number of fused-ring (bicyclic) bond motifs is 1. The molecule has 0 bridgehead atoms. The van der Waals surface area contributed by atoms with Crippen LogP contribution in [0.2, 0.25) is 0 Å². The fraction of sp³-hybridized carbons (Fsp3) is 0.429. The molecule has 80 valence electrons. The standard InChI is InChI=1S/C14H18O/c1-11(8-9-15)13-7-6-12-4-2-3-5-14(12)10-13/h6-8,10,15H,2-5,9H2,1H3. The Bertz CT molecular complexity index is 377. The molecule has 0 aromatic heterocycles. The summed E-state index contributed by atoms with van der Waals surface area (Å²) < 4.78 is 0. The zero-order valence-electron chi connectivity index (χ0n) is 9.29. The van der Waals surface area contributed by atoms with Gasteiger partial charge in [0.1, 0.15) is 0 Å². The predicted molar refractivity (Wildman–Crippen MR) is 63.8 cm³/mol. The van der Waals surface area contributed by atoms with E-state index in [4.69, 9.17) is 5.11 Å². The monoisotopic (exact) mass is 202 g/mol. The van der Waals surface area contributed by atoms with E-state index >= 15 is 0 Å². The van der Waals surface area contributed by atoms with Crippen molar-refractivity contribution < 1.29 is 5.11 Å². The summed E-state index contributed by atoms with van der Waals surface area (Å²) in [6, 6.07) is 6.71. The molecular weight excluding hydrogens is 184 g/mol. The molecule has 0 radical (unpaired) electrons. The number of aryl methyl sites for hydroxylation is 2. The van der Waals surface area contributed by atoms with Crippen molar-refractivity contribution in [2.75, 3.05) is 6.61 Å². The van der Waals surface area contributed by atoms with Gasteiger partial charge in [-0.3, -0.25) is 0 Å².